The summed E-state index contributed by atoms with van der Waals surface area (Å²) < 4.78 is 0. The van der Waals surface area contributed by atoms with E-state index in [0.29, 0.717) is 0 Å². The van der Waals surface area contributed by atoms with Crippen molar-refractivity contribution < 1.29 is 20.2 Å². The Kier molecular flexibility index (Phi) is 3.96. The lowest BCUT2D eigenvalue weighted by atomic mass is 9.98. The molecular weight excluding hydrogens is 246 g/mol. The molecule has 0 saturated carbocycles. The summed E-state index contributed by atoms with van der Waals surface area (Å²) in [7, 11) is 0. The third-order valence-corrected chi connectivity index (χ3v) is 2.59. The van der Waals surface area contributed by atoms with Gasteiger partial charge in [0.2, 0.25) is 0 Å². The van der Waals surface area contributed by atoms with E-state index < -0.39 is 17.3 Å². The van der Waals surface area contributed by atoms with Crippen LogP contribution in [0.25, 0.3) is 0 Å². The highest BCUT2D eigenvalue weighted by Crippen LogP contribution is 2.36. The number of phenols is 2. The van der Waals surface area contributed by atoms with Crippen LogP contribution in [-0.2, 0) is 4.79 Å². The van der Waals surface area contributed by atoms with Crippen LogP contribution in [-0.4, -0.2) is 26.9 Å². The fraction of sp³-hybridized carbons (Fsp3) is 0.273. The Balaban J connectivity index is 3.33. The number of Topliss-reactive ketones (excluding diaryl/α,β-unsaturated/α-hetero) is 1. The summed E-state index contributed by atoms with van der Waals surface area (Å²) in [6.07, 6.45) is 0. The summed E-state index contributed by atoms with van der Waals surface area (Å²) in [4.78, 5) is 11.7. The molecule has 1 aromatic carbocycles. The van der Waals surface area contributed by atoms with Crippen LogP contribution in [0.4, 0.5) is 0 Å². The van der Waals surface area contributed by atoms with E-state index in [2.05, 4.69) is 5.16 Å². The Morgan fingerprint density at radius 2 is 1.94 bits per heavy atom. The standard InChI is InChI=1S/C11H12ClNO4/c1-5(2)10(15)9(13-17)6-3-4-7(14)11(16)8(6)12/h3-5,14,16-17H,1-2H3/b13-9-. The van der Waals surface area contributed by atoms with Crippen LogP contribution >= 0.6 is 11.6 Å². The summed E-state index contributed by atoms with van der Waals surface area (Å²) in [5.74, 6) is -1.76. The summed E-state index contributed by atoms with van der Waals surface area (Å²) in [5, 5.41) is 30.1. The van der Waals surface area contributed by atoms with Crippen LogP contribution in [0.3, 0.4) is 0 Å². The zero-order valence-corrected chi connectivity index (χ0v) is 10.1. The van der Waals surface area contributed by atoms with Gasteiger partial charge >= 0.3 is 0 Å². The predicted octanol–water partition coefficient (Wildman–Crippen LogP) is 2.15. The molecule has 1 rings (SSSR count). The van der Waals surface area contributed by atoms with E-state index >= 15 is 0 Å². The number of rotatable bonds is 3. The van der Waals surface area contributed by atoms with Gasteiger partial charge in [-0.3, -0.25) is 4.79 Å². The maximum atomic E-state index is 11.7. The highest BCUT2D eigenvalue weighted by Gasteiger charge is 2.23. The average molecular weight is 258 g/mol. The van der Waals surface area contributed by atoms with Gasteiger partial charge in [0.15, 0.2) is 23.0 Å². The zero-order chi connectivity index (χ0) is 13.2. The SMILES string of the molecule is CC(C)C(=O)/C(=N\O)c1ccc(O)c(O)c1Cl. The molecule has 0 saturated heterocycles. The number of phenolic OH excluding ortho intramolecular Hbond substituents is 2. The molecule has 0 aromatic heterocycles. The van der Waals surface area contributed by atoms with Crippen LogP contribution < -0.4 is 0 Å². The Bertz CT molecular complexity index is 483. The van der Waals surface area contributed by atoms with Gasteiger partial charge in [0.25, 0.3) is 0 Å². The number of oxime groups is 1. The zero-order valence-electron chi connectivity index (χ0n) is 9.31. The lowest BCUT2D eigenvalue weighted by Gasteiger charge is -2.09. The molecule has 0 bridgehead atoms. The van der Waals surface area contributed by atoms with Crippen molar-refractivity contribution >= 4 is 23.1 Å². The van der Waals surface area contributed by atoms with Crippen LogP contribution in [0, 0.1) is 5.92 Å². The van der Waals surface area contributed by atoms with E-state index in [1.807, 2.05) is 0 Å². The fourth-order valence-corrected chi connectivity index (χ4v) is 1.50. The molecular formula is C11H12ClNO4. The van der Waals surface area contributed by atoms with Crippen molar-refractivity contribution in [1.29, 1.82) is 0 Å². The Labute approximate surface area is 103 Å². The van der Waals surface area contributed by atoms with Gasteiger partial charge in [-0.25, -0.2) is 0 Å². The molecule has 0 radical (unpaired) electrons. The monoisotopic (exact) mass is 257 g/mol. The molecule has 92 valence electrons. The van der Waals surface area contributed by atoms with Gasteiger partial charge in [0, 0.05) is 11.5 Å². The van der Waals surface area contributed by atoms with Crippen LogP contribution in [0.15, 0.2) is 17.3 Å². The second-order valence-corrected chi connectivity index (χ2v) is 4.14. The summed E-state index contributed by atoms with van der Waals surface area (Å²) in [6, 6.07) is 2.46. The number of hydrogen-bond acceptors (Lipinski definition) is 5. The first-order chi connectivity index (χ1) is 7.90. The van der Waals surface area contributed by atoms with Gasteiger partial charge in [0.05, 0.1) is 5.02 Å². The van der Waals surface area contributed by atoms with Crippen molar-refractivity contribution in [3.8, 4) is 11.5 Å². The number of nitrogens with zero attached hydrogens (tertiary/aromatic N) is 1. The number of carbonyl (C=O) groups excluding carboxylic acids is 1. The van der Waals surface area contributed by atoms with Gasteiger partial charge in [-0.1, -0.05) is 30.6 Å². The Hall–Kier alpha value is -1.75. The second kappa shape index (κ2) is 5.05. The lowest BCUT2D eigenvalue weighted by Crippen LogP contribution is -2.21. The number of halogens is 1. The average Bonchev–Trinajstić information content (AvgIpc) is 2.29. The number of aromatic hydroxyl groups is 2. The van der Waals surface area contributed by atoms with Crippen molar-refractivity contribution in [2.24, 2.45) is 11.1 Å². The predicted molar refractivity (Wildman–Crippen MR) is 63.0 cm³/mol. The smallest absolute Gasteiger partial charge is 0.187 e. The van der Waals surface area contributed by atoms with Crippen LogP contribution in [0.2, 0.25) is 5.02 Å². The van der Waals surface area contributed by atoms with E-state index in [0.717, 1.165) is 6.07 Å². The van der Waals surface area contributed by atoms with E-state index in [1.54, 1.807) is 13.8 Å². The third-order valence-electron chi connectivity index (χ3n) is 2.21. The molecule has 0 spiro atoms. The maximum Gasteiger partial charge on any atom is 0.187 e. The van der Waals surface area contributed by atoms with Crippen molar-refractivity contribution in [2.75, 3.05) is 0 Å². The first kappa shape index (κ1) is 13.3. The largest absolute Gasteiger partial charge is 0.504 e. The number of ketones is 1. The van der Waals surface area contributed by atoms with E-state index in [1.165, 1.54) is 6.07 Å². The normalized spacial score (nSPS) is 11.9. The highest BCUT2D eigenvalue weighted by atomic mass is 35.5. The fourth-order valence-electron chi connectivity index (χ4n) is 1.25. The minimum atomic E-state index is -0.554. The molecule has 0 atom stereocenters. The molecule has 1 aromatic rings. The Morgan fingerprint density at radius 1 is 1.35 bits per heavy atom. The molecule has 0 unspecified atom stereocenters. The lowest BCUT2D eigenvalue weighted by molar-refractivity contribution is -0.115. The molecule has 0 aliphatic rings. The molecule has 0 amide bonds. The molecule has 0 heterocycles. The first-order valence-electron chi connectivity index (χ1n) is 4.87. The van der Waals surface area contributed by atoms with Crippen molar-refractivity contribution in [3.05, 3.63) is 22.7 Å². The summed E-state index contributed by atoms with van der Waals surface area (Å²) >= 11 is 5.77. The molecule has 0 aliphatic heterocycles. The Morgan fingerprint density at radius 3 is 2.41 bits per heavy atom. The van der Waals surface area contributed by atoms with Crippen LogP contribution in [0.1, 0.15) is 19.4 Å². The van der Waals surface area contributed by atoms with Crippen molar-refractivity contribution in [3.63, 3.8) is 0 Å². The summed E-state index contributed by atoms with van der Waals surface area (Å²) in [5.41, 5.74) is -0.177. The van der Waals surface area contributed by atoms with Gasteiger partial charge < -0.3 is 15.4 Å². The van der Waals surface area contributed by atoms with Gasteiger partial charge in [-0.2, -0.15) is 0 Å². The molecule has 17 heavy (non-hydrogen) atoms. The number of benzene rings is 1. The quantitative estimate of drug-likeness (QED) is 0.335. The molecule has 0 fully saturated rings. The van der Waals surface area contributed by atoms with E-state index in [4.69, 9.17) is 16.8 Å². The molecule has 6 heteroatoms. The molecule has 3 N–H and O–H groups in total. The van der Waals surface area contributed by atoms with Crippen LogP contribution in [0.5, 0.6) is 11.5 Å². The minimum absolute atomic E-state index is 0.0724. The number of carbonyl (C=O) groups is 1. The number of hydrogen-bond donors (Lipinski definition) is 3. The molecule has 5 nitrogen and oxygen atoms in total. The van der Waals surface area contributed by atoms with E-state index in [-0.39, 0.29) is 22.2 Å². The maximum absolute atomic E-state index is 11.7. The van der Waals surface area contributed by atoms with Gasteiger partial charge in [-0.05, 0) is 12.1 Å². The summed E-state index contributed by atoms with van der Waals surface area (Å²) in [6.45, 7) is 3.28. The van der Waals surface area contributed by atoms with Gasteiger partial charge in [0.1, 0.15) is 0 Å². The highest BCUT2D eigenvalue weighted by molar-refractivity contribution is 6.50. The van der Waals surface area contributed by atoms with E-state index in [9.17, 15) is 15.0 Å². The topological polar surface area (TPSA) is 90.1 Å². The first-order valence-corrected chi connectivity index (χ1v) is 5.25. The van der Waals surface area contributed by atoms with Crippen molar-refractivity contribution in [1.82, 2.24) is 0 Å². The molecule has 0 aliphatic carbocycles. The third kappa shape index (κ3) is 2.50. The van der Waals surface area contributed by atoms with Gasteiger partial charge in [-0.15, -0.1) is 0 Å². The van der Waals surface area contributed by atoms with Crippen molar-refractivity contribution in [2.45, 2.75) is 13.8 Å². The minimum Gasteiger partial charge on any atom is -0.504 e. The second-order valence-electron chi connectivity index (χ2n) is 3.76.